The summed E-state index contributed by atoms with van der Waals surface area (Å²) in [5, 5.41) is 9.73. The Morgan fingerprint density at radius 2 is 1.84 bits per heavy atom. The summed E-state index contributed by atoms with van der Waals surface area (Å²) in [5.74, 6) is 0.546. The topological polar surface area (TPSA) is 29.5 Å². The molecule has 0 amide bonds. The first kappa shape index (κ1) is 13.7. The molecule has 98 valence electrons. The number of rotatable bonds is 5. The molecule has 2 aromatic rings. The molecule has 0 fully saturated rings. The van der Waals surface area contributed by atoms with Gasteiger partial charge in [0.05, 0.1) is 11.6 Å². The summed E-state index contributed by atoms with van der Waals surface area (Å²) in [7, 11) is 0. The van der Waals surface area contributed by atoms with Crippen LogP contribution in [0.15, 0.2) is 54.6 Å². The van der Waals surface area contributed by atoms with Gasteiger partial charge in [-0.15, -0.1) is 0 Å². The zero-order valence-electron chi connectivity index (χ0n) is 10.4. The largest absolute Gasteiger partial charge is 0.488 e. The molecule has 0 spiro atoms. The van der Waals surface area contributed by atoms with E-state index in [4.69, 9.17) is 16.3 Å². The fourth-order valence-corrected chi connectivity index (χ4v) is 1.97. The van der Waals surface area contributed by atoms with Gasteiger partial charge in [-0.3, -0.25) is 0 Å². The van der Waals surface area contributed by atoms with E-state index in [1.807, 2.05) is 42.5 Å². The minimum absolute atomic E-state index is 0.0850. The summed E-state index contributed by atoms with van der Waals surface area (Å²) < 4.78 is 5.60. The van der Waals surface area contributed by atoms with Gasteiger partial charge in [0.25, 0.3) is 0 Å². The first-order chi connectivity index (χ1) is 9.31. The summed E-state index contributed by atoms with van der Waals surface area (Å²) in [6, 6.07) is 15.3. The van der Waals surface area contributed by atoms with Gasteiger partial charge in [-0.2, -0.15) is 0 Å². The van der Waals surface area contributed by atoms with Crippen LogP contribution in [-0.2, 0) is 6.61 Å². The second kappa shape index (κ2) is 6.98. The lowest BCUT2D eigenvalue weighted by atomic mass is 10.2. The van der Waals surface area contributed by atoms with Gasteiger partial charge in [-0.1, -0.05) is 60.1 Å². The number of aliphatic hydroxyl groups excluding tert-OH is 1. The molecule has 0 saturated heterocycles. The zero-order chi connectivity index (χ0) is 13.5. The van der Waals surface area contributed by atoms with Crippen molar-refractivity contribution in [3.05, 3.63) is 70.8 Å². The maximum Gasteiger partial charge on any atom is 0.143 e. The molecule has 0 aliphatic carbocycles. The number of ether oxygens (including phenoxy) is 1. The maximum absolute atomic E-state index is 9.22. The average Bonchev–Trinajstić information content (AvgIpc) is 2.46. The number of hydrogen-bond acceptors (Lipinski definition) is 2. The summed E-state index contributed by atoms with van der Waals surface area (Å²) >= 11 is 6.04. The Kier molecular flexibility index (Phi) is 5.01. The lowest BCUT2D eigenvalue weighted by molar-refractivity contribution is 0.270. The van der Waals surface area contributed by atoms with Gasteiger partial charge in [0, 0.05) is 5.56 Å². The van der Waals surface area contributed by atoms with Gasteiger partial charge < -0.3 is 9.84 Å². The van der Waals surface area contributed by atoms with Gasteiger partial charge in [0.15, 0.2) is 0 Å². The fraction of sp³-hybridized carbons (Fsp3) is 0.125. The third kappa shape index (κ3) is 3.85. The summed E-state index contributed by atoms with van der Waals surface area (Å²) in [6.45, 7) is 0.323. The number of hydrogen-bond donors (Lipinski definition) is 1. The van der Waals surface area contributed by atoms with Crippen molar-refractivity contribution in [2.45, 2.75) is 6.61 Å². The molecule has 19 heavy (non-hydrogen) atoms. The summed E-state index contributed by atoms with van der Waals surface area (Å²) in [6.07, 6.45) is 3.90. The SMILES string of the molecule is OCc1cccc(Cl)c1OC/C=C/c1ccccc1. The minimum atomic E-state index is -0.0850. The van der Waals surface area contributed by atoms with Crippen molar-refractivity contribution >= 4 is 17.7 Å². The molecule has 0 atom stereocenters. The Bertz CT molecular complexity index is 550. The van der Waals surface area contributed by atoms with Crippen LogP contribution in [0.5, 0.6) is 5.75 Å². The smallest absolute Gasteiger partial charge is 0.143 e. The minimum Gasteiger partial charge on any atom is -0.488 e. The van der Waals surface area contributed by atoms with E-state index in [1.54, 1.807) is 18.2 Å². The van der Waals surface area contributed by atoms with Crippen LogP contribution in [0.4, 0.5) is 0 Å². The van der Waals surface area contributed by atoms with Crippen LogP contribution in [0, 0.1) is 0 Å². The Morgan fingerprint density at radius 3 is 2.58 bits per heavy atom. The first-order valence-corrected chi connectivity index (χ1v) is 6.41. The van der Waals surface area contributed by atoms with E-state index < -0.39 is 0 Å². The van der Waals surface area contributed by atoms with E-state index in [-0.39, 0.29) is 6.61 Å². The van der Waals surface area contributed by atoms with Gasteiger partial charge in [-0.05, 0) is 17.7 Å². The van der Waals surface area contributed by atoms with E-state index in [2.05, 4.69) is 0 Å². The molecule has 0 radical (unpaired) electrons. The van der Waals surface area contributed by atoms with Crippen molar-refractivity contribution in [2.24, 2.45) is 0 Å². The lowest BCUT2D eigenvalue weighted by Crippen LogP contribution is -1.98. The third-order valence-corrected chi connectivity index (χ3v) is 2.95. The van der Waals surface area contributed by atoms with Crippen LogP contribution < -0.4 is 4.74 Å². The number of aliphatic hydroxyl groups is 1. The second-order valence-electron chi connectivity index (χ2n) is 4.01. The highest BCUT2D eigenvalue weighted by Gasteiger charge is 2.06. The monoisotopic (exact) mass is 274 g/mol. The maximum atomic E-state index is 9.22. The molecule has 0 unspecified atom stereocenters. The quantitative estimate of drug-likeness (QED) is 0.895. The van der Waals surface area contributed by atoms with Gasteiger partial charge >= 0.3 is 0 Å². The van der Waals surface area contributed by atoms with Gasteiger partial charge in [0.2, 0.25) is 0 Å². The highest BCUT2D eigenvalue weighted by Crippen LogP contribution is 2.28. The molecule has 0 saturated carbocycles. The zero-order valence-corrected chi connectivity index (χ0v) is 11.2. The summed E-state index contributed by atoms with van der Waals surface area (Å²) in [5.41, 5.74) is 1.81. The molecule has 0 heterocycles. The number of benzene rings is 2. The van der Waals surface area contributed by atoms with Crippen LogP contribution >= 0.6 is 11.6 Å². The highest BCUT2D eigenvalue weighted by atomic mass is 35.5. The van der Waals surface area contributed by atoms with E-state index in [9.17, 15) is 5.11 Å². The van der Waals surface area contributed by atoms with Crippen molar-refractivity contribution < 1.29 is 9.84 Å². The normalized spacial score (nSPS) is 10.8. The summed E-state index contributed by atoms with van der Waals surface area (Å²) in [4.78, 5) is 0. The molecule has 0 aliphatic heterocycles. The number of halogens is 1. The van der Waals surface area contributed by atoms with Crippen molar-refractivity contribution in [2.75, 3.05) is 6.61 Å². The first-order valence-electron chi connectivity index (χ1n) is 6.04. The van der Waals surface area contributed by atoms with Crippen LogP contribution in [0.2, 0.25) is 5.02 Å². The fourth-order valence-electron chi connectivity index (χ4n) is 1.72. The van der Waals surface area contributed by atoms with Gasteiger partial charge in [0.1, 0.15) is 12.4 Å². The van der Waals surface area contributed by atoms with E-state index in [0.717, 1.165) is 5.56 Å². The van der Waals surface area contributed by atoms with Crippen molar-refractivity contribution in [3.8, 4) is 5.75 Å². The molecule has 2 rings (SSSR count). The van der Waals surface area contributed by atoms with Crippen LogP contribution in [0.1, 0.15) is 11.1 Å². The molecule has 1 N–H and O–H groups in total. The molecular formula is C16H15ClO2. The molecule has 2 nitrogen and oxygen atoms in total. The van der Waals surface area contributed by atoms with E-state index in [1.165, 1.54) is 0 Å². The van der Waals surface area contributed by atoms with E-state index in [0.29, 0.717) is 22.9 Å². The number of para-hydroxylation sites is 1. The predicted molar refractivity (Wildman–Crippen MR) is 78.3 cm³/mol. The van der Waals surface area contributed by atoms with Crippen molar-refractivity contribution in [1.29, 1.82) is 0 Å². The average molecular weight is 275 g/mol. The Balaban J connectivity index is 1.98. The van der Waals surface area contributed by atoms with Crippen molar-refractivity contribution in [3.63, 3.8) is 0 Å². The molecule has 2 aromatic carbocycles. The Labute approximate surface area is 117 Å². The predicted octanol–water partition coefficient (Wildman–Crippen LogP) is 3.92. The van der Waals surface area contributed by atoms with Crippen LogP contribution in [0.25, 0.3) is 6.08 Å². The highest BCUT2D eigenvalue weighted by molar-refractivity contribution is 6.32. The van der Waals surface area contributed by atoms with Crippen LogP contribution in [-0.4, -0.2) is 11.7 Å². The Hall–Kier alpha value is -1.77. The standard InChI is InChI=1S/C16H15ClO2/c17-15-10-4-9-14(12-18)16(15)19-11-5-8-13-6-2-1-3-7-13/h1-10,18H,11-12H2/b8-5+. The van der Waals surface area contributed by atoms with Crippen LogP contribution in [0.3, 0.4) is 0 Å². The molecule has 0 bridgehead atoms. The third-order valence-electron chi connectivity index (χ3n) is 2.65. The second-order valence-corrected chi connectivity index (χ2v) is 4.42. The molecule has 3 heteroatoms. The lowest BCUT2D eigenvalue weighted by Gasteiger charge is -2.09. The molecular weight excluding hydrogens is 260 g/mol. The molecule has 0 aromatic heterocycles. The molecule has 0 aliphatic rings. The van der Waals surface area contributed by atoms with Crippen molar-refractivity contribution in [1.82, 2.24) is 0 Å². The van der Waals surface area contributed by atoms with E-state index >= 15 is 0 Å². The Morgan fingerprint density at radius 1 is 1.05 bits per heavy atom. The van der Waals surface area contributed by atoms with Gasteiger partial charge in [-0.25, -0.2) is 0 Å².